The van der Waals surface area contributed by atoms with Gasteiger partial charge in [-0.1, -0.05) is 26.0 Å². The van der Waals surface area contributed by atoms with Gasteiger partial charge < -0.3 is 15.2 Å². The van der Waals surface area contributed by atoms with E-state index >= 15 is 0 Å². The van der Waals surface area contributed by atoms with Crippen LogP contribution >= 0.6 is 0 Å². The van der Waals surface area contributed by atoms with E-state index in [-0.39, 0.29) is 6.61 Å². The first-order valence-corrected chi connectivity index (χ1v) is 7.26. The lowest BCUT2D eigenvalue weighted by Crippen LogP contribution is -2.04. The van der Waals surface area contributed by atoms with Gasteiger partial charge >= 0.3 is 0 Å². The van der Waals surface area contributed by atoms with E-state index in [1.165, 1.54) is 5.56 Å². The van der Waals surface area contributed by atoms with Crippen LogP contribution in [0.4, 0.5) is 5.69 Å². The minimum Gasteiger partial charge on any atom is -0.493 e. The third kappa shape index (κ3) is 5.11. The van der Waals surface area contributed by atoms with Crippen LogP contribution in [0.25, 0.3) is 0 Å². The number of aromatic nitrogens is 2. The van der Waals surface area contributed by atoms with Gasteiger partial charge in [-0.15, -0.1) is 0 Å². The van der Waals surface area contributed by atoms with Crippen molar-refractivity contribution in [2.24, 2.45) is 5.92 Å². The van der Waals surface area contributed by atoms with Gasteiger partial charge in [-0.3, -0.25) is 4.68 Å². The van der Waals surface area contributed by atoms with Crippen molar-refractivity contribution in [1.29, 1.82) is 0 Å². The first-order valence-electron chi connectivity index (χ1n) is 7.26. The zero-order chi connectivity index (χ0) is 15.1. The first-order chi connectivity index (χ1) is 10.2. The van der Waals surface area contributed by atoms with Gasteiger partial charge in [0.1, 0.15) is 5.75 Å². The molecule has 0 bridgehead atoms. The van der Waals surface area contributed by atoms with Crippen molar-refractivity contribution in [3.05, 3.63) is 42.2 Å². The monoisotopic (exact) mass is 289 g/mol. The summed E-state index contributed by atoms with van der Waals surface area (Å²) in [6, 6.07) is 8.10. The number of anilines is 1. The molecule has 2 N–H and O–H groups in total. The molecule has 5 nitrogen and oxygen atoms in total. The van der Waals surface area contributed by atoms with Crippen LogP contribution in [0.5, 0.6) is 5.75 Å². The normalized spacial score (nSPS) is 10.9. The van der Waals surface area contributed by atoms with E-state index in [9.17, 15) is 0 Å². The number of ether oxygens (including phenoxy) is 1. The molecule has 0 saturated heterocycles. The van der Waals surface area contributed by atoms with Crippen molar-refractivity contribution in [2.75, 3.05) is 18.5 Å². The third-order valence-corrected chi connectivity index (χ3v) is 2.97. The maximum atomic E-state index is 8.85. The van der Waals surface area contributed by atoms with Crippen molar-refractivity contribution in [3.8, 4) is 5.75 Å². The molecule has 2 rings (SSSR count). The summed E-state index contributed by atoms with van der Waals surface area (Å²) in [6.45, 7) is 6.35. The average molecular weight is 289 g/mol. The zero-order valence-corrected chi connectivity index (χ0v) is 12.6. The second kappa shape index (κ2) is 7.69. The quantitative estimate of drug-likeness (QED) is 0.784. The zero-order valence-electron chi connectivity index (χ0n) is 12.6. The van der Waals surface area contributed by atoms with Gasteiger partial charge in [0.2, 0.25) is 0 Å². The van der Waals surface area contributed by atoms with Crippen molar-refractivity contribution < 1.29 is 9.84 Å². The van der Waals surface area contributed by atoms with Crippen molar-refractivity contribution >= 4 is 5.69 Å². The standard InChI is InChI=1S/C16H23N3O2/c1-13(2)12-21-16-5-3-14(4-6-16)9-17-15-10-18-19(11-15)7-8-20/h3-6,10-11,13,17,20H,7-9,12H2,1-2H3. The van der Waals surface area contributed by atoms with Gasteiger partial charge in [0, 0.05) is 12.7 Å². The number of hydrogen-bond donors (Lipinski definition) is 2. The number of aliphatic hydroxyl groups is 1. The average Bonchev–Trinajstić information content (AvgIpc) is 2.92. The highest BCUT2D eigenvalue weighted by molar-refractivity contribution is 5.39. The molecule has 0 aliphatic heterocycles. The van der Waals surface area contributed by atoms with E-state index in [4.69, 9.17) is 9.84 Å². The second-order valence-corrected chi connectivity index (χ2v) is 5.42. The summed E-state index contributed by atoms with van der Waals surface area (Å²) in [5.74, 6) is 1.44. The van der Waals surface area contributed by atoms with Gasteiger partial charge in [0.25, 0.3) is 0 Å². The number of nitrogens with zero attached hydrogens (tertiary/aromatic N) is 2. The Bertz CT molecular complexity index is 535. The molecule has 114 valence electrons. The summed E-state index contributed by atoms with van der Waals surface area (Å²) in [7, 11) is 0. The second-order valence-electron chi connectivity index (χ2n) is 5.42. The Kier molecular flexibility index (Phi) is 5.63. The minimum atomic E-state index is 0.0962. The molecule has 0 aliphatic rings. The van der Waals surface area contributed by atoms with Crippen molar-refractivity contribution in [1.82, 2.24) is 9.78 Å². The molecule has 0 radical (unpaired) electrons. The Morgan fingerprint density at radius 1 is 1.29 bits per heavy atom. The summed E-state index contributed by atoms with van der Waals surface area (Å²) in [5, 5.41) is 16.3. The molecular weight excluding hydrogens is 266 g/mol. The molecule has 0 fully saturated rings. The molecule has 2 aromatic rings. The Morgan fingerprint density at radius 2 is 2.05 bits per heavy atom. The van der Waals surface area contributed by atoms with Crippen LogP contribution in [-0.2, 0) is 13.1 Å². The van der Waals surface area contributed by atoms with E-state index in [0.717, 1.165) is 24.6 Å². The number of rotatable bonds is 8. The topological polar surface area (TPSA) is 59.3 Å². The Hall–Kier alpha value is -2.01. The van der Waals surface area contributed by atoms with Crippen LogP contribution in [0.15, 0.2) is 36.7 Å². The fraction of sp³-hybridized carbons (Fsp3) is 0.438. The molecule has 0 spiro atoms. The number of benzene rings is 1. The molecule has 1 aromatic carbocycles. The van der Waals surface area contributed by atoms with E-state index in [1.807, 2.05) is 18.3 Å². The highest BCUT2D eigenvalue weighted by Crippen LogP contribution is 2.14. The van der Waals surface area contributed by atoms with Crippen LogP contribution in [0.2, 0.25) is 0 Å². The predicted molar refractivity (Wildman–Crippen MR) is 83.4 cm³/mol. The summed E-state index contributed by atoms with van der Waals surface area (Å²) < 4.78 is 7.37. The van der Waals surface area contributed by atoms with Crippen LogP contribution in [0.1, 0.15) is 19.4 Å². The van der Waals surface area contributed by atoms with Crippen LogP contribution < -0.4 is 10.1 Å². The molecule has 0 aliphatic carbocycles. The van der Waals surface area contributed by atoms with Crippen molar-refractivity contribution in [3.63, 3.8) is 0 Å². The molecule has 0 atom stereocenters. The number of nitrogens with one attached hydrogen (secondary N) is 1. The molecule has 5 heteroatoms. The number of hydrogen-bond acceptors (Lipinski definition) is 4. The van der Waals surface area contributed by atoms with Gasteiger partial charge in [-0.05, 0) is 23.6 Å². The molecule has 0 saturated carbocycles. The van der Waals surface area contributed by atoms with E-state index < -0.39 is 0 Å². The highest BCUT2D eigenvalue weighted by atomic mass is 16.5. The smallest absolute Gasteiger partial charge is 0.119 e. The van der Waals surface area contributed by atoms with Crippen molar-refractivity contribution in [2.45, 2.75) is 26.9 Å². The van der Waals surface area contributed by atoms with Gasteiger partial charge in [-0.25, -0.2) is 0 Å². The molecule has 1 aromatic heterocycles. The minimum absolute atomic E-state index is 0.0962. The lowest BCUT2D eigenvalue weighted by Gasteiger charge is -2.09. The predicted octanol–water partition coefficient (Wildman–Crippen LogP) is 2.52. The molecule has 1 heterocycles. The van der Waals surface area contributed by atoms with Gasteiger partial charge in [0.05, 0.1) is 31.6 Å². The maximum absolute atomic E-state index is 8.85. The Labute approximate surface area is 125 Å². The van der Waals surface area contributed by atoms with Crippen LogP contribution in [0, 0.1) is 5.92 Å². The fourth-order valence-electron chi connectivity index (χ4n) is 1.85. The van der Waals surface area contributed by atoms with Crippen LogP contribution in [0.3, 0.4) is 0 Å². The highest BCUT2D eigenvalue weighted by Gasteiger charge is 2.00. The van der Waals surface area contributed by atoms with E-state index in [1.54, 1.807) is 10.9 Å². The summed E-state index contributed by atoms with van der Waals surface area (Å²) in [4.78, 5) is 0. The lowest BCUT2D eigenvalue weighted by molar-refractivity contribution is 0.269. The SMILES string of the molecule is CC(C)COc1ccc(CNc2cnn(CCO)c2)cc1. The molecule has 0 unspecified atom stereocenters. The summed E-state index contributed by atoms with van der Waals surface area (Å²) >= 11 is 0. The van der Waals surface area contributed by atoms with Gasteiger partial charge in [0.15, 0.2) is 0 Å². The first kappa shape index (κ1) is 15.4. The van der Waals surface area contributed by atoms with E-state index in [0.29, 0.717) is 12.5 Å². The van der Waals surface area contributed by atoms with Crippen LogP contribution in [-0.4, -0.2) is 28.1 Å². The summed E-state index contributed by atoms with van der Waals surface area (Å²) in [6.07, 6.45) is 3.64. The Balaban J connectivity index is 1.82. The number of aliphatic hydroxyl groups excluding tert-OH is 1. The lowest BCUT2D eigenvalue weighted by atomic mass is 10.2. The van der Waals surface area contributed by atoms with Gasteiger partial charge in [-0.2, -0.15) is 5.10 Å². The third-order valence-electron chi connectivity index (χ3n) is 2.97. The molecular formula is C16H23N3O2. The largest absolute Gasteiger partial charge is 0.493 e. The van der Waals surface area contributed by atoms with E-state index in [2.05, 4.69) is 36.4 Å². The summed E-state index contributed by atoms with van der Waals surface area (Å²) in [5.41, 5.74) is 2.13. The maximum Gasteiger partial charge on any atom is 0.119 e. The fourth-order valence-corrected chi connectivity index (χ4v) is 1.85. The Morgan fingerprint density at radius 3 is 2.71 bits per heavy atom. The molecule has 0 amide bonds. The molecule has 21 heavy (non-hydrogen) atoms.